The maximum atomic E-state index is 9.88. The summed E-state index contributed by atoms with van der Waals surface area (Å²) in [6.07, 6.45) is 6.81. The summed E-state index contributed by atoms with van der Waals surface area (Å²) in [5.74, 6) is 0. The van der Waals surface area contributed by atoms with Gasteiger partial charge in [0.25, 0.3) is 0 Å². The number of pyridine rings is 1. The first-order valence-corrected chi connectivity index (χ1v) is 5.91. The number of rotatable bonds is 4. The van der Waals surface area contributed by atoms with Crippen LogP contribution in [0.4, 0.5) is 0 Å². The van der Waals surface area contributed by atoms with Crippen LogP contribution in [0.5, 0.6) is 0 Å². The second-order valence-corrected chi connectivity index (χ2v) is 4.12. The van der Waals surface area contributed by atoms with E-state index in [2.05, 4.69) is 9.88 Å². The molecule has 0 radical (unpaired) electrons. The number of aliphatic hydroxyl groups is 1. The molecule has 92 valence electrons. The van der Waals surface area contributed by atoms with E-state index in [0.717, 1.165) is 31.9 Å². The highest BCUT2D eigenvalue weighted by Gasteiger charge is 2.12. The molecule has 0 amide bonds. The smallest absolute Gasteiger partial charge is 0.0851 e. The molecule has 1 N–H and O–H groups in total. The van der Waals surface area contributed by atoms with Gasteiger partial charge in [0.1, 0.15) is 0 Å². The number of nitrogens with zero attached hydrogens (tertiary/aromatic N) is 2. The van der Waals surface area contributed by atoms with E-state index < -0.39 is 6.10 Å². The Morgan fingerprint density at radius 1 is 1.35 bits per heavy atom. The molecule has 1 fully saturated rings. The maximum Gasteiger partial charge on any atom is 0.0851 e. The molecule has 1 aromatic rings. The summed E-state index contributed by atoms with van der Waals surface area (Å²) in [6, 6.07) is 3.83. The normalized spacial score (nSPS) is 19.6. The van der Waals surface area contributed by atoms with Crippen LogP contribution in [0.25, 0.3) is 6.08 Å². The molecule has 1 aliphatic rings. The van der Waals surface area contributed by atoms with Crippen LogP contribution < -0.4 is 0 Å². The number of hydrogen-bond acceptors (Lipinski definition) is 4. The zero-order valence-electron chi connectivity index (χ0n) is 9.83. The summed E-state index contributed by atoms with van der Waals surface area (Å²) in [4.78, 5) is 6.16. The lowest BCUT2D eigenvalue weighted by atomic mass is 10.2. The summed E-state index contributed by atoms with van der Waals surface area (Å²) in [5, 5.41) is 9.88. The molecular weight excluding hydrogens is 216 g/mol. The van der Waals surface area contributed by atoms with Crippen LogP contribution in [0.1, 0.15) is 5.56 Å². The third-order valence-electron chi connectivity index (χ3n) is 2.77. The fourth-order valence-corrected chi connectivity index (χ4v) is 1.81. The van der Waals surface area contributed by atoms with Crippen molar-refractivity contribution < 1.29 is 9.84 Å². The van der Waals surface area contributed by atoms with Gasteiger partial charge in [0, 0.05) is 32.0 Å². The Bertz CT molecular complexity index is 348. The van der Waals surface area contributed by atoms with Crippen LogP contribution in [0.15, 0.2) is 30.6 Å². The second-order valence-electron chi connectivity index (χ2n) is 4.12. The van der Waals surface area contributed by atoms with Crippen molar-refractivity contribution in [3.63, 3.8) is 0 Å². The van der Waals surface area contributed by atoms with Crippen LogP contribution in [0.2, 0.25) is 0 Å². The summed E-state index contributed by atoms with van der Waals surface area (Å²) < 4.78 is 5.26. The van der Waals surface area contributed by atoms with Gasteiger partial charge in [0.15, 0.2) is 0 Å². The maximum absolute atomic E-state index is 9.88. The van der Waals surface area contributed by atoms with Gasteiger partial charge in [-0.3, -0.25) is 9.88 Å². The Balaban J connectivity index is 1.80. The molecule has 1 atom stereocenters. The second kappa shape index (κ2) is 6.49. The van der Waals surface area contributed by atoms with E-state index in [1.807, 2.05) is 24.3 Å². The highest BCUT2D eigenvalue weighted by molar-refractivity contribution is 5.48. The molecule has 4 heteroatoms. The average molecular weight is 234 g/mol. The molecule has 1 saturated heterocycles. The first kappa shape index (κ1) is 12.2. The van der Waals surface area contributed by atoms with Gasteiger partial charge in [-0.2, -0.15) is 0 Å². The Morgan fingerprint density at radius 2 is 2.06 bits per heavy atom. The zero-order valence-corrected chi connectivity index (χ0v) is 9.83. The van der Waals surface area contributed by atoms with Gasteiger partial charge >= 0.3 is 0 Å². The molecule has 1 aromatic heterocycles. The molecule has 0 saturated carbocycles. The average Bonchev–Trinajstić information content (AvgIpc) is 2.39. The van der Waals surface area contributed by atoms with Crippen molar-refractivity contribution in [3.05, 3.63) is 36.2 Å². The van der Waals surface area contributed by atoms with E-state index in [1.165, 1.54) is 0 Å². The van der Waals surface area contributed by atoms with Crippen LogP contribution in [0.3, 0.4) is 0 Å². The molecule has 0 spiro atoms. The molecule has 0 aromatic carbocycles. The van der Waals surface area contributed by atoms with Gasteiger partial charge < -0.3 is 9.84 Å². The molecule has 2 heterocycles. The van der Waals surface area contributed by atoms with Crippen LogP contribution in [0, 0.1) is 0 Å². The number of ether oxygens (including phenoxy) is 1. The Labute approximate surface area is 102 Å². The fraction of sp³-hybridized carbons (Fsp3) is 0.462. The van der Waals surface area contributed by atoms with E-state index in [-0.39, 0.29) is 0 Å². The molecule has 0 bridgehead atoms. The van der Waals surface area contributed by atoms with Crippen molar-refractivity contribution >= 4 is 6.08 Å². The van der Waals surface area contributed by atoms with E-state index in [1.54, 1.807) is 12.4 Å². The Morgan fingerprint density at radius 3 is 2.76 bits per heavy atom. The van der Waals surface area contributed by atoms with E-state index in [4.69, 9.17) is 4.74 Å². The monoisotopic (exact) mass is 234 g/mol. The lowest BCUT2D eigenvalue weighted by Crippen LogP contribution is -2.40. The van der Waals surface area contributed by atoms with Crippen molar-refractivity contribution in [2.24, 2.45) is 0 Å². The Hall–Kier alpha value is -1.23. The summed E-state index contributed by atoms with van der Waals surface area (Å²) in [5.41, 5.74) is 1.06. The number of aromatic nitrogens is 1. The predicted molar refractivity (Wildman–Crippen MR) is 66.5 cm³/mol. The SMILES string of the molecule is OC(/C=C/c1ccncc1)CN1CCOCC1. The van der Waals surface area contributed by atoms with Crippen molar-refractivity contribution in [3.8, 4) is 0 Å². The van der Waals surface area contributed by atoms with Crippen LogP contribution in [-0.2, 0) is 4.74 Å². The summed E-state index contributed by atoms with van der Waals surface area (Å²) >= 11 is 0. The van der Waals surface area contributed by atoms with Crippen molar-refractivity contribution in [2.75, 3.05) is 32.8 Å². The van der Waals surface area contributed by atoms with Gasteiger partial charge in [-0.25, -0.2) is 0 Å². The fourth-order valence-electron chi connectivity index (χ4n) is 1.81. The lowest BCUT2D eigenvalue weighted by molar-refractivity contribution is 0.0223. The van der Waals surface area contributed by atoms with Crippen LogP contribution >= 0.6 is 0 Å². The topological polar surface area (TPSA) is 45.6 Å². The minimum Gasteiger partial charge on any atom is -0.388 e. The number of morpholine rings is 1. The van der Waals surface area contributed by atoms with Crippen molar-refractivity contribution in [2.45, 2.75) is 6.10 Å². The summed E-state index contributed by atoms with van der Waals surface area (Å²) in [7, 11) is 0. The minimum absolute atomic E-state index is 0.429. The molecule has 1 unspecified atom stereocenters. The standard InChI is InChI=1S/C13H18N2O2/c16-13(11-15-7-9-17-10-8-15)2-1-12-3-5-14-6-4-12/h1-6,13,16H,7-11H2/b2-1+. The molecule has 4 nitrogen and oxygen atoms in total. The molecular formula is C13H18N2O2. The molecule has 2 rings (SSSR count). The van der Waals surface area contributed by atoms with Crippen molar-refractivity contribution in [1.29, 1.82) is 0 Å². The molecule has 1 aliphatic heterocycles. The van der Waals surface area contributed by atoms with Crippen molar-refractivity contribution in [1.82, 2.24) is 9.88 Å². The van der Waals surface area contributed by atoms with Gasteiger partial charge in [-0.1, -0.05) is 12.2 Å². The highest BCUT2D eigenvalue weighted by atomic mass is 16.5. The predicted octanol–water partition coefficient (Wildman–Crippen LogP) is 0.788. The number of aliphatic hydroxyl groups excluding tert-OH is 1. The van der Waals surface area contributed by atoms with Gasteiger partial charge in [0.2, 0.25) is 0 Å². The highest BCUT2D eigenvalue weighted by Crippen LogP contribution is 2.03. The third kappa shape index (κ3) is 4.26. The zero-order chi connectivity index (χ0) is 11.9. The van der Waals surface area contributed by atoms with E-state index in [9.17, 15) is 5.11 Å². The van der Waals surface area contributed by atoms with Gasteiger partial charge in [-0.05, 0) is 17.7 Å². The minimum atomic E-state index is -0.429. The Kier molecular flexibility index (Phi) is 4.67. The number of β-amino-alcohol motifs (C(OH)–C–C–N with tert-alkyl or cyclic N) is 1. The largest absolute Gasteiger partial charge is 0.388 e. The molecule has 17 heavy (non-hydrogen) atoms. The lowest BCUT2D eigenvalue weighted by Gasteiger charge is -2.27. The van der Waals surface area contributed by atoms with Gasteiger partial charge in [0.05, 0.1) is 19.3 Å². The van der Waals surface area contributed by atoms with Gasteiger partial charge in [-0.15, -0.1) is 0 Å². The van der Waals surface area contributed by atoms with E-state index in [0.29, 0.717) is 6.54 Å². The van der Waals surface area contributed by atoms with Crippen LogP contribution in [-0.4, -0.2) is 53.9 Å². The first-order valence-electron chi connectivity index (χ1n) is 5.91. The first-order chi connectivity index (χ1) is 8.34. The summed E-state index contributed by atoms with van der Waals surface area (Å²) in [6.45, 7) is 4.01. The molecule has 0 aliphatic carbocycles. The van der Waals surface area contributed by atoms with E-state index >= 15 is 0 Å². The number of hydrogen-bond donors (Lipinski definition) is 1. The quantitative estimate of drug-likeness (QED) is 0.836. The third-order valence-corrected chi connectivity index (χ3v) is 2.77.